The van der Waals surface area contributed by atoms with Gasteiger partial charge in [-0.1, -0.05) is 35.5 Å². The quantitative estimate of drug-likeness (QED) is 0.187. The van der Waals surface area contributed by atoms with Crippen molar-refractivity contribution in [2.45, 2.75) is 39.8 Å². The van der Waals surface area contributed by atoms with Gasteiger partial charge in [-0.05, 0) is 97.2 Å². The average molecular weight is 768 g/mol. The maximum Gasteiger partial charge on any atom is 0.338 e. The van der Waals surface area contributed by atoms with Crippen LogP contribution in [0.3, 0.4) is 0 Å². The number of halogens is 2. The largest absolute Gasteiger partial charge is 0.491 e. The van der Waals surface area contributed by atoms with Crippen LogP contribution in [0.25, 0.3) is 6.08 Å². The van der Waals surface area contributed by atoms with Gasteiger partial charge in [-0.2, -0.15) is 0 Å². The van der Waals surface area contributed by atoms with E-state index in [9.17, 15) is 9.59 Å². The Bertz CT molecular complexity index is 1680. The number of rotatable bonds is 8. The summed E-state index contributed by atoms with van der Waals surface area (Å²) in [5.74, 6) is 3.16. The van der Waals surface area contributed by atoms with Crippen molar-refractivity contribution >= 4 is 68.6 Å². The molecule has 0 spiro atoms. The van der Waals surface area contributed by atoms with Gasteiger partial charge in [0.15, 0.2) is 4.80 Å². The minimum absolute atomic E-state index is 0.105. The third-order valence-electron chi connectivity index (χ3n) is 5.72. The number of nitrogens with zero attached hydrogens (tertiary/aromatic N) is 2. The molecule has 202 valence electrons. The van der Waals surface area contributed by atoms with Crippen LogP contribution in [-0.2, 0) is 9.53 Å². The molecule has 0 saturated heterocycles. The predicted molar refractivity (Wildman–Crippen MR) is 169 cm³/mol. The first-order valence-corrected chi connectivity index (χ1v) is 15.1. The maximum atomic E-state index is 14.1. The lowest BCUT2D eigenvalue weighted by atomic mass is 9.95. The first-order chi connectivity index (χ1) is 18.7. The van der Waals surface area contributed by atoms with Crippen LogP contribution in [0.15, 0.2) is 57.5 Å². The number of esters is 1. The molecule has 3 aromatic rings. The minimum atomic E-state index is -0.773. The normalized spacial score (nSPS) is 15.0. The molecule has 0 N–H and O–H groups in total. The molecule has 1 atom stereocenters. The van der Waals surface area contributed by atoms with Crippen molar-refractivity contribution in [3.8, 4) is 23.8 Å². The molecule has 2 heterocycles. The van der Waals surface area contributed by atoms with E-state index in [4.69, 9.17) is 20.6 Å². The Morgan fingerprint density at radius 2 is 2.03 bits per heavy atom. The Labute approximate surface area is 257 Å². The van der Waals surface area contributed by atoms with Gasteiger partial charge < -0.3 is 14.2 Å². The van der Waals surface area contributed by atoms with Crippen LogP contribution in [0, 0.1) is 19.5 Å². The molecule has 0 bridgehead atoms. The molecule has 4 rings (SSSR count). The number of carbonyl (C=O) groups excluding carboxylic acids is 1. The van der Waals surface area contributed by atoms with E-state index in [-0.39, 0.29) is 24.9 Å². The molecule has 1 aliphatic rings. The van der Waals surface area contributed by atoms with Crippen molar-refractivity contribution in [2.75, 3.05) is 13.2 Å². The summed E-state index contributed by atoms with van der Waals surface area (Å²) < 4.78 is 21.2. The van der Waals surface area contributed by atoms with Gasteiger partial charge in [0.2, 0.25) is 0 Å². The topological polar surface area (TPSA) is 79.1 Å². The van der Waals surface area contributed by atoms with E-state index in [0.29, 0.717) is 37.7 Å². The average Bonchev–Trinajstić information content (AvgIpc) is 3.17. The van der Waals surface area contributed by atoms with E-state index in [0.717, 1.165) is 12.7 Å². The van der Waals surface area contributed by atoms with Crippen LogP contribution in [0.2, 0.25) is 0 Å². The van der Waals surface area contributed by atoms with Crippen molar-refractivity contribution in [3.63, 3.8) is 0 Å². The molecule has 1 aliphatic heterocycles. The molecule has 2 aromatic carbocycles. The number of thiazole rings is 1. The summed E-state index contributed by atoms with van der Waals surface area (Å²) >= 11 is 5.67. The second-order valence-electron chi connectivity index (χ2n) is 8.81. The van der Waals surface area contributed by atoms with Crippen LogP contribution in [0.4, 0.5) is 0 Å². The second kappa shape index (κ2) is 12.7. The number of terminal acetylenes is 1. The molecule has 0 fully saturated rings. The summed E-state index contributed by atoms with van der Waals surface area (Å²) in [6, 6.07) is 10.6. The highest BCUT2D eigenvalue weighted by Gasteiger charge is 2.35. The molecule has 0 unspecified atom stereocenters. The number of aromatic nitrogens is 1. The summed E-state index contributed by atoms with van der Waals surface area (Å²) in [5.41, 5.74) is 1.92. The smallest absolute Gasteiger partial charge is 0.338 e. The highest BCUT2D eigenvalue weighted by Crippen LogP contribution is 2.36. The molecular weight excluding hydrogens is 742 g/mol. The van der Waals surface area contributed by atoms with Gasteiger partial charge in [0.25, 0.3) is 5.56 Å². The molecule has 7 nitrogen and oxygen atoms in total. The second-order valence-corrected chi connectivity index (χ2v) is 12.2. The first-order valence-electron chi connectivity index (χ1n) is 12.2. The van der Waals surface area contributed by atoms with Crippen molar-refractivity contribution in [1.82, 2.24) is 4.57 Å². The maximum absolute atomic E-state index is 14.1. The van der Waals surface area contributed by atoms with Crippen molar-refractivity contribution in [2.24, 2.45) is 4.99 Å². The molecule has 39 heavy (non-hydrogen) atoms. The lowest BCUT2D eigenvalue weighted by molar-refractivity contribution is -0.139. The summed E-state index contributed by atoms with van der Waals surface area (Å²) in [7, 11) is 0. The van der Waals surface area contributed by atoms with Crippen molar-refractivity contribution in [1.29, 1.82) is 0 Å². The molecule has 0 amide bonds. The van der Waals surface area contributed by atoms with Crippen LogP contribution < -0.4 is 24.4 Å². The zero-order valence-corrected chi connectivity index (χ0v) is 26.9. The third-order valence-corrected chi connectivity index (χ3v) is 8.12. The van der Waals surface area contributed by atoms with E-state index in [1.165, 1.54) is 11.3 Å². The van der Waals surface area contributed by atoms with E-state index >= 15 is 0 Å². The van der Waals surface area contributed by atoms with E-state index in [1.54, 1.807) is 24.5 Å². The van der Waals surface area contributed by atoms with Gasteiger partial charge in [0.1, 0.15) is 24.1 Å². The highest BCUT2D eigenvalue weighted by molar-refractivity contribution is 14.1. The highest BCUT2D eigenvalue weighted by atomic mass is 127. The van der Waals surface area contributed by atoms with Gasteiger partial charge in [-0.3, -0.25) is 9.36 Å². The summed E-state index contributed by atoms with van der Waals surface area (Å²) in [5, 5.41) is 0. The van der Waals surface area contributed by atoms with E-state index in [1.807, 2.05) is 50.2 Å². The standard InChI is InChI=1S/C29H26I2N2O5S/c1-6-12-37-26-18(13-19(30)15-21(26)31)14-23-27(34)33-25(20-10-8-9-11-22(20)38-16(3)4)24(28(35)36-7-2)17(5)32-29(33)39-23/h1,8-11,13-16,25H,7,12H2,2-5H3/b23-14-/t25-/m0/s1. The van der Waals surface area contributed by atoms with Crippen LogP contribution in [0.1, 0.15) is 44.9 Å². The fourth-order valence-corrected chi connectivity index (χ4v) is 7.33. The summed E-state index contributed by atoms with van der Waals surface area (Å²) in [6.07, 6.45) is 7.11. The lowest BCUT2D eigenvalue weighted by Gasteiger charge is -2.26. The van der Waals surface area contributed by atoms with Gasteiger partial charge in [-0.25, -0.2) is 9.79 Å². The zero-order valence-electron chi connectivity index (χ0n) is 21.8. The predicted octanol–water partition coefficient (Wildman–Crippen LogP) is 4.81. The van der Waals surface area contributed by atoms with E-state index < -0.39 is 12.0 Å². The lowest BCUT2D eigenvalue weighted by Crippen LogP contribution is -2.40. The summed E-state index contributed by atoms with van der Waals surface area (Å²) in [4.78, 5) is 32.4. The molecule has 1 aromatic heterocycles. The van der Waals surface area contributed by atoms with E-state index in [2.05, 4.69) is 56.1 Å². The SMILES string of the molecule is C#CCOc1c(I)cc(I)cc1/C=c1\sc2n(c1=O)[C@@H](c1ccccc1OC(C)C)C(C(=O)OCC)=C(C)N=2. The number of carbonyl (C=O) groups is 1. The van der Waals surface area contributed by atoms with Crippen molar-refractivity contribution in [3.05, 3.63) is 85.6 Å². The fourth-order valence-electron chi connectivity index (χ4n) is 4.25. The van der Waals surface area contributed by atoms with Crippen LogP contribution >= 0.6 is 56.5 Å². The Kier molecular flexibility index (Phi) is 9.56. The Balaban J connectivity index is 2.00. The zero-order chi connectivity index (χ0) is 28.3. The Morgan fingerprint density at radius 1 is 1.28 bits per heavy atom. The van der Waals surface area contributed by atoms with Crippen LogP contribution in [0.5, 0.6) is 11.5 Å². The monoisotopic (exact) mass is 768 g/mol. The number of para-hydroxylation sites is 1. The van der Waals surface area contributed by atoms with Gasteiger partial charge in [0.05, 0.1) is 32.1 Å². The molecular formula is C29H26I2N2O5S. The summed E-state index contributed by atoms with van der Waals surface area (Å²) in [6.45, 7) is 7.66. The number of fused-ring (bicyclic) bond motifs is 1. The minimum Gasteiger partial charge on any atom is -0.491 e. The van der Waals surface area contributed by atoms with Crippen LogP contribution in [-0.4, -0.2) is 29.9 Å². The Morgan fingerprint density at radius 3 is 2.72 bits per heavy atom. The number of allylic oxidation sites excluding steroid dienone is 1. The fraction of sp³-hybridized carbons (Fsp3) is 0.276. The first kappa shape index (κ1) is 29.4. The van der Waals surface area contributed by atoms with Crippen molar-refractivity contribution < 1.29 is 19.0 Å². The van der Waals surface area contributed by atoms with Gasteiger partial charge in [-0.15, -0.1) is 6.42 Å². The number of hydrogen-bond acceptors (Lipinski definition) is 7. The van der Waals surface area contributed by atoms with Gasteiger partial charge in [0, 0.05) is 14.7 Å². The number of benzene rings is 2. The third kappa shape index (κ3) is 6.25. The van der Waals surface area contributed by atoms with Gasteiger partial charge >= 0.3 is 5.97 Å². The number of hydrogen-bond donors (Lipinski definition) is 0. The molecule has 0 radical (unpaired) electrons. The molecule has 0 aliphatic carbocycles. The number of ether oxygens (including phenoxy) is 3. The Hall–Kier alpha value is -2.63. The molecule has 0 saturated carbocycles. The molecule has 10 heteroatoms.